The average Bonchev–Trinajstić information content (AvgIpc) is 2.82. The van der Waals surface area contributed by atoms with Crippen LogP contribution >= 0.6 is 0 Å². The van der Waals surface area contributed by atoms with Crippen LogP contribution in [0.3, 0.4) is 0 Å². The van der Waals surface area contributed by atoms with Crippen LogP contribution in [0.4, 0.5) is 5.69 Å². The molecule has 0 spiro atoms. The molecule has 0 saturated carbocycles. The number of nitrogens with two attached hydrogens (primary N) is 1. The van der Waals surface area contributed by atoms with E-state index in [-0.39, 0.29) is 11.6 Å². The molecule has 0 bridgehead atoms. The summed E-state index contributed by atoms with van der Waals surface area (Å²) in [6, 6.07) is 7.16. The van der Waals surface area contributed by atoms with Crippen LogP contribution in [0.15, 0.2) is 28.8 Å². The number of rotatable bonds is 2. The molecule has 1 amide bonds. The van der Waals surface area contributed by atoms with E-state index < -0.39 is 0 Å². The summed E-state index contributed by atoms with van der Waals surface area (Å²) in [4.78, 5) is 12.0. The van der Waals surface area contributed by atoms with Crippen molar-refractivity contribution in [3.8, 4) is 11.8 Å². The van der Waals surface area contributed by atoms with E-state index in [1.54, 1.807) is 19.1 Å². The van der Waals surface area contributed by atoms with Crippen molar-refractivity contribution in [2.24, 2.45) is 5.73 Å². The summed E-state index contributed by atoms with van der Waals surface area (Å²) in [5.41, 5.74) is 8.07. The van der Waals surface area contributed by atoms with Gasteiger partial charge in [-0.1, -0.05) is 17.0 Å². The van der Waals surface area contributed by atoms with Crippen molar-refractivity contribution < 1.29 is 9.32 Å². The molecular formula is C15H15N3O2. The predicted octanol–water partition coefficient (Wildman–Crippen LogP) is 1.85. The quantitative estimate of drug-likeness (QED) is 0.815. The first kappa shape index (κ1) is 13.8. The molecule has 102 valence electrons. The number of carbonyl (C=O) groups is 1. The van der Waals surface area contributed by atoms with Crippen LogP contribution in [0, 0.1) is 25.7 Å². The number of benzene rings is 1. The Morgan fingerprint density at radius 2 is 2.15 bits per heavy atom. The molecule has 20 heavy (non-hydrogen) atoms. The highest BCUT2D eigenvalue weighted by atomic mass is 16.5. The Balaban J connectivity index is 2.20. The third kappa shape index (κ3) is 3.46. The Labute approximate surface area is 117 Å². The molecule has 0 aliphatic carbocycles. The van der Waals surface area contributed by atoms with Gasteiger partial charge in [-0.05, 0) is 37.6 Å². The average molecular weight is 269 g/mol. The van der Waals surface area contributed by atoms with Crippen molar-refractivity contribution in [3.05, 3.63) is 46.8 Å². The van der Waals surface area contributed by atoms with E-state index in [4.69, 9.17) is 10.3 Å². The number of amides is 1. The summed E-state index contributed by atoms with van der Waals surface area (Å²) in [7, 11) is 0. The van der Waals surface area contributed by atoms with E-state index in [0.717, 1.165) is 11.1 Å². The third-order valence-corrected chi connectivity index (χ3v) is 2.53. The van der Waals surface area contributed by atoms with Crippen molar-refractivity contribution in [1.82, 2.24) is 5.16 Å². The molecule has 2 rings (SSSR count). The van der Waals surface area contributed by atoms with Gasteiger partial charge in [0.15, 0.2) is 5.69 Å². The van der Waals surface area contributed by atoms with Crippen LogP contribution in [0.25, 0.3) is 0 Å². The summed E-state index contributed by atoms with van der Waals surface area (Å²) in [6.07, 6.45) is 0. The van der Waals surface area contributed by atoms with Gasteiger partial charge in [-0.2, -0.15) is 0 Å². The number of nitrogens with zero attached hydrogens (tertiary/aromatic N) is 1. The van der Waals surface area contributed by atoms with Crippen LogP contribution in [0.1, 0.15) is 27.4 Å². The normalized spacial score (nSPS) is 9.75. The molecule has 0 saturated heterocycles. The second kappa shape index (κ2) is 6.04. The SMILES string of the molecule is Cc1cc(C#CCN)cc(NC(=O)c2cc(C)on2)c1. The molecule has 0 unspecified atom stereocenters. The summed E-state index contributed by atoms with van der Waals surface area (Å²) in [6.45, 7) is 3.97. The molecule has 0 aliphatic rings. The summed E-state index contributed by atoms with van der Waals surface area (Å²) in [5.74, 6) is 6.00. The first-order valence-corrected chi connectivity index (χ1v) is 6.14. The number of nitrogens with one attached hydrogen (secondary N) is 1. The zero-order chi connectivity index (χ0) is 14.5. The molecule has 5 nitrogen and oxygen atoms in total. The lowest BCUT2D eigenvalue weighted by atomic mass is 10.1. The molecule has 1 aromatic carbocycles. The van der Waals surface area contributed by atoms with Gasteiger partial charge in [0.25, 0.3) is 5.91 Å². The van der Waals surface area contributed by atoms with E-state index in [2.05, 4.69) is 22.3 Å². The summed E-state index contributed by atoms with van der Waals surface area (Å²) in [5, 5.41) is 6.44. The van der Waals surface area contributed by atoms with E-state index in [0.29, 0.717) is 18.0 Å². The van der Waals surface area contributed by atoms with Crippen LogP contribution in [-0.4, -0.2) is 17.6 Å². The lowest BCUT2D eigenvalue weighted by Crippen LogP contribution is -2.12. The number of anilines is 1. The Bertz CT molecular complexity index is 693. The van der Waals surface area contributed by atoms with Gasteiger partial charge in [0.2, 0.25) is 0 Å². The maximum absolute atomic E-state index is 12.0. The smallest absolute Gasteiger partial charge is 0.277 e. The number of hydrogen-bond acceptors (Lipinski definition) is 4. The highest BCUT2D eigenvalue weighted by molar-refractivity contribution is 6.02. The van der Waals surface area contributed by atoms with Gasteiger partial charge in [0, 0.05) is 17.3 Å². The second-order valence-corrected chi connectivity index (χ2v) is 4.37. The zero-order valence-corrected chi connectivity index (χ0v) is 11.4. The van der Waals surface area contributed by atoms with Crippen molar-refractivity contribution in [3.63, 3.8) is 0 Å². The summed E-state index contributed by atoms with van der Waals surface area (Å²) < 4.78 is 4.88. The molecule has 0 radical (unpaired) electrons. The van der Waals surface area contributed by atoms with Crippen LogP contribution in [0.5, 0.6) is 0 Å². The fraction of sp³-hybridized carbons (Fsp3) is 0.200. The third-order valence-electron chi connectivity index (χ3n) is 2.53. The number of aryl methyl sites for hydroxylation is 2. The molecular weight excluding hydrogens is 254 g/mol. The molecule has 2 aromatic rings. The fourth-order valence-corrected chi connectivity index (χ4v) is 1.75. The van der Waals surface area contributed by atoms with Gasteiger partial charge in [0.1, 0.15) is 5.76 Å². The standard InChI is InChI=1S/C15H15N3O2/c1-10-6-12(4-3-5-16)9-13(7-10)17-15(19)14-8-11(2)20-18-14/h6-9H,5,16H2,1-2H3,(H,17,19). The molecule has 0 fully saturated rings. The van der Waals surface area contributed by atoms with Crippen LogP contribution in [0.2, 0.25) is 0 Å². The van der Waals surface area contributed by atoms with Crippen LogP contribution in [-0.2, 0) is 0 Å². The maximum atomic E-state index is 12.0. The van der Waals surface area contributed by atoms with Gasteiger partial charge >= 0.3 is 0 Å². The van der Waals surface area contributed by atoms with Gasteiger partial charge in [0.05, 0.1) is 6.54 Å². The maximum Gasteiger partial charge on any atom is 0.277 e. The van der Waals surface area contributed by atoms with Gasteiger partial charge in [-0.15, -0.1) is 0 Å². The number of carbonyl (C=O) groups excluding carboxylic acids is 1. The van der Waals surface area contributed by atoms with E-state index in [1.807, 2.05) is 19.1 Å². The van der Waals surface area contributed by atoms with Crippen molar-refractivity contribution >= 4 is 11.6 Å². The fourth-order valence-electron chi connectivity index (χ4n) is 1.75. The Morgan fingerprint density at radius 3 is 2.80 bits per heavy atom. The van der Waals surface area contributed by atoms with Gasteiger partial charge < -0.3 is 15.6 Å². The predicted molar refractivity (Wildman–Crippen MR) is 76.3 cm³/mol. The van der Waals surface area contributed by atoms with Crippen molar-refractivity contribution in [1.29, 1.82) is 0 Å². The molecule has 0 atom stereocenters. The van der Waals surface area contributed by atoms with Gasteiger partial charge in [-0.3, -0.25) is 4.79 Å². The van der Waals surface area contributed by atoms with E-state index >= 15 is 0 Å². The zero-order valence-electron chi connectivity index (χ0n) is 11.4. The minimum atomic E-state index is -0.315. The Hall–Kier alpha value is -2.58. The topological polar surface area (TPSA) is 81.1 Å². The first-order valence-electron chi connectivity index (χ1n) is 6.14. The Morgan fingerprint density at radius 1 is 1.35 bits per heavy atom. The van der Waals surface area contributed by atoms with E-state index in [9.17, 15) is 4.79 Å². The lowest BCUT2D eigenvalue weighted by Gasteiger charge is -2.05. The molecule has 1 aromatic heterocycles. The number of hydrogen-bond donors (Lipinski definition) is 2. The van der Waals surface area contributed by atoms with Crippen LogP contribution < -0.4 is 11.1 Å². The second-order valence-electron chi connectivity index (χ2n) is 4.37. The van der Waals surface area contributed by atoms with Crippen molar-refractivity contribution in [2.75, 3.05) is 11.9 Å². The highest BCUT2D eigenvalue weighted by Crippen LogP contribution is 2.15. The van der Waals surface area contributed by atoms with Crippen molar-refractivity contribution in [2.45, 2.75) is 13.8 Å². The molecule has 3 N–H and O–H groups in total. The minimum absolute atomic E-state index is 0.249. The number of aromatic nitrogens is 1. The van der Waals surface area contributed by atoms with Gasteiger partial charge in [-0.25, -0.2) is 0 Å². The minimum Gasteiger partial charge on any atom is -0.361 e. The summed E-state index contributed by atoms with van der Waals surface area (Å²) >= 11 is 0. The van der Waals surface area contributed by atoms with E-state index in [1.165, 1.54) is 0 Å². The molecule has 0 aliphatic heterocycles. The molecule has 1 heterocycles. The molecule has 5 heteroatoms. The highest BCUT2D eigenvalue weighted by Gasteiger charge is 2.11. The Kier molecular flexibility index (Phi) is 4.18. The largest absolute Gasteiger partial charge is 0.361 e. The first-order chi connectivity index (χ1) is 9.58. The monoisotopic (exact) mass is 269 g/mol. The lowest BCUT2D eigenvalue weighted by molar-refractivity contribution is 0.101.